The van der Waals surface area contributed by atoms with Crippen molar-refractivity contribution in [1.29, 1.82) is 0 Å². The molecule has 2 aliphatic heterocycles. The van der Waals surface area contributed by atoms with E-state index >= 15 is 0 Å². The summed E-state index contributed by atoms with van der Waals surface area (Å²) >= 11 is 5.90. The van der Waals surface area contributed by atoms with Gasteiger partial charge in [0.2, 0.25) is 5.16 Å². The highest BCUT2D eigenvalue weighted by Gasteiger charge is 2.68. The van der Waals surface area contributed by atoms with Crippen LogP contribution in [-0.2, 0) is 0 Å². The van der Waals surface area contributed by atoms with E-state index in [4.69, 9.17) is 11.6 Å². The Labute approximate surface area is 201 Å². The first kappa shape index (κ1) is 25.6. The van der Waals surface area contributed by atoms with Crippen LogP contribution in [0.3, 0.4) is 0 Å². The summed E-state index contributed by atoms with van der Waals surface area (Å²) in [6.07, 6.45) is -7.36. The number of allylic oxidation sites excluding steroid dienone is 5. The first-order chi connectivity index (χ1) is 16.7. The van der Waals surface area contributed by atoms with Gasteiger partial charge in [-0.1, -0.05) is 0 Å². The summed E-state index contributed by atoms with van der Waals surface area (Å²) < 4.78 is 123. The summed E-state index contributed by atoms with van der Waals surface area (Å²) in [5, 5.41) is 1.17. The molecule has 2 aromatic rings. The van der Waals surface area contributed by atoms with Crippen molar-refractivity contribution in [3.63, 3.8) is 0 Å². The molecule has 1 unspecified atom stereocenters. The number of hydrogen-bond donors (Lipinski definition) is 1. The van der Waals surface area contributed by atoms with E-state index in [1.807, 2.05) is 0 Å². The number of carbonyl (C=O) groups is 1. The molecule has 3 nitrogen and oxygen atoms in total. The van der Waals surface area contributed by atoms with Crippen molar-refractivity contribution in [2.45, 2.75) is 12.5 Å². The van der Waals surface area contributed by atoms with Crippen LogP contribution in [0, 0.1) is 17.5 Å². The number of alkyl halides is 6. The van der Waals surface area contributed by atoms with E-state index in [1.54, 1.807) is 0 Å². The zero-order valence-corrected chi connectivity index (χ0v) is 18.2. The Morgan fingerprint density at radius 1 is 0.889 bits per heavy atom. The Kier molecular flexibility index (Phi) is 6.08. The predicted molar refractivity (Wildman–Crippen MR) is 111 cm³/mol. The quantitative estimate of drug-likeness (QED) is 0.187. The number of halogens is 10. The highest BCUT2D eigenvalue weighted by atomic mass is 35.5. The van der Waals surface area contributed by atoms with E-state index in [2.05, 4.69) is 5.32 Å². The van der Waals surface area contributed by atoms with Crippen LogP contribution in [-0.4, -0.2) is 22.9 Å². The van der Waals surface area contributed by atoms with Crippen LogP contribution >= 0.6 is 11.6 Å². The van der Waals surface area contributed by atoms with Gasteiger partial charge in [-0.05, 0) is 48.0 Å². The minimum atomic E-state index is -5.32. The van der Waals surface area contributed by atoms with E-state index in [0.717, 1.165) is 42.5 Å². The molecule has 4 rings (SSSR count). The summed E-state index contributed by atoms with van der Waals surface area (Å²) in [6, 6.07) is 4.14. The Bertz CT molecular complexity index is 1390. The lowest BCUT2D eigenvalue weighted by molar-refractivity contribution is -0.899. The highest BCUT2D eigenvalue weighted by Crippen LogP contribution is 2.58. The maximum absolute atomic E-state index is 14.4. The third-order valence-electron chi connectivity index (χ3n) is 5.45. The molecule has 0 spiro atoms. The van der Waals surface area contributed by atoms with Crippen molar-refractivity contribution in [3.8, 4) is 0 Å². The van der Waals surface area contributed by atoms with Crippen LogP contribution in [0.15, 0.2) is 77.1 Å². The molecular weight excluding hydrogens is 527 g/mol. The molecule has 1 N–H and O–H groups in total. The monoisotopic (exact) mass is 537 g/mol. The Morgan fingerprint density at radius 2 is 1.50 bits per heavy atom. The fourth-order valence-corrected chi connectivity index (χ4v) is 4.27. The second-order valence-electron chi connectivity index (χ2n) is 7.59. The maximum Gasteiger partial charge on any atom is 0.576 e. The molecular formula is C23H11ClF9N2O+. The highest BCUT2D eigenvalue weighted by molar-refractivity contribution is 6.28. The smallest absolute Gasteiger partial charge is 0.322 e. The van der Waals surface area contributed by atoms with Crippen LogP contribution < -0.4 is 5.32 Å². The maximum atomic E-state index is 14.4. The SMILES string of the molecule is O=C(Nc1ccc(C2=C(C(F)(F)F)C=C3C=CC=C(Cl)[N+]32C(F)(F)F)cc1)c1cc(F)c(F)cc1F. The van der Waals surface area contributed by atoms with E-state index < -0.39 is 73.6 Å². The van der Waals surface area contributed by atoms with Crippen molar-refractivity contribution in [2.24, 2.45) is 0 Å². The van der Waals surface area contributed by atoms with Crippen molar-refractivity contribution in [1.82, 2.24) is 0 Å². The average molecular weight is 538 g/mol. The van der Waals surface area contributed by atoms with Gasteiger partial charge in [0.1, 0.15) is 11.4 Å². The number of nitrogens with zero attached hydrogens (tertiary/aromatic N) is 1. The fourth-order valence-electron chi connectivity index (χ4n) is 3.92. The number of anilines is 1. The van der Waals surface area contributed by atoms with Gasteiger partial charge in [0.15, 0.2) is 23.0 Å². The topological polar surface area (TPSA) is 29.1 Å². The standard InChI is InChI=1S/C23H10ClF9N2O/c24-19-3-1-2-13-8-15(22(28,29)30)20(35(13,19)23(31,32)33)11-4-6-12(7-5-11)34-21(36)14-9-17(26)18(27)10-16(14)25/h1-10H/p+1. The van der Waals surface area contributed by atoms with Gasteiger partial charge in [0.25, 0.3) is 5.91 Å². The molecule has 0 saturated carbocycles. The van der Waals surface area contributed by atoms with Gasteiger partial charge < -0.3 is 5.32 Å². The van der Waals surface area contributed by atoms with Gasteiger partial charge in [-0.2, -0.15) is 13.2 Å². The molecule has 0 aromatic heterocycles. The number of fused-ring (bicyclic) bond motifs is 1. The van der Waals surface area contributed by atoms with Gasteiger partial charge in [0.05, 0.1) is 5.56 Å². The van der Waals surface area contributed by atoms with Gasteiger partial charge in [-0.25, -0.2) is 13.2 Å². The molecule has 36 heavy (non-hydrogen) atoms. The summed E-state index contributed by atoms with van der Waals surface area (Å²) in [7, 11) is 0. The molecule has 0 bridgehead atoms. The molecule has 2 heterocycles. The van der Waals surface area contributed by atoms with E-state index in [9.17, 15) is 44.3 Å². The van der Waals surface area contributed by atoms with Crippen LogP contribution in [0.2, 0.25) is 0 Å². The van der Waals surface area contributed by atoms with Crippen molar-refractivity contribution >= 4 is 28.9 Å². The van der Waals surface area contributed by atoms with Crippen LogP contribution in [0.25, 0.3) is 5.70 Å². The lowest BCUT2D eigenvalue weighted by atomic mass is 10.0. The molecule has 2 aromatic carbocycles. The van der Waals surface area contributed by atoms with Gasteiger partial charge in [-0.15, -0.1) is 17.7 Å². The molecule has 188 valence electrons. The lowest BCUT2D eigenvalue weighted by Gasteiger charge is -2.38. The van der Waals surface area contributed by atoms with E-state index in [1.165, 1.54) is 0 Å². The van der Waals surface area contributed by atoms with Crippen LogP contribution in [0.4, 0.5) is 45.2 Å². The number of carbonyl (C=O) groups excluding carboxylic acids is 1. The molecule has 0 saturated heterocycles. The number of amides is 1. The van der Waals surface area contributed by atoms with Crippen LogP contribution in [0.1, 0.15) is 15.9 Å². The molecule has 1 amide bonds. The third kappa shape index (κ3) is 3.99. The zero-order valence-electron chi connectivity index (χ0n) is 17.4. The molecule has 0 aliphatic carbocycles. The average Bonchev–Trinajstić information content (AvgIpc) is 3.15. The number of quaternary nitrogens is 1. The number of benzene rings is 2. The molecule has 2 aliphatic rings. The van der Waals surface area contributed by atoms with Crippen molar-refractivity contribution in [2.75, 3.05) is 5.32 Å². The summed E-state index contributed by atoms with van der Waals surface area (Å²) in [4.78, 5) is 12.2. The first-order valence-corrected chi connectivity index (χ1v) is 10.2. The van der Waals surface area contributed by atoms with Crippen LogP contribution in [0.5, 0.6) is 0 Å². The second kappa shape index (κ2) is 8.56. The van der Waals surface area contributed by atoms with Gasteiger partial charge in [0, 0.05) is 35.5 Å². The summed E-state index contributed by atoms with van der Waals surface area (Å²) in [5.41, 5.74) is -5.13. The molecule has 0 fully saturated rings. The number of hydrogen-bond acceptors (Lipinski definition) is 1. The molecule has 1 atom stereocenters. The zero-order chi connectivity index (χ0) is 26.6. The predicted octanol–water partition coefficient (Wildman–Crippen LogP) is 7.51. The van der Waals surface area contributed by atoms with E-state index in [-0.39, 0.29) is 11.8 Å². The third-order valence-corrected chi connectivity index (χ3v) is 5.83. The minimum absolute atomic E-state index is 0.146. The Balaban J connectivity index is 1.77. The Morgan fingerprint density at radius 3 is 2.08 bits per heavy atom. The largest absolute Gasteiger partial charge is 0.576 e. The minimum Gasteiger partial charge on any atom is -0.322 e. The second-order valence-corrected chi connectivity index (χ2v) is 7.98. The summed E-state index contributed by atoms with van der Waals surface area (Å²) in [5.74, 6) is -5.66. The van der Waals surface area contributed by atoms with Gasteiger partial charge >= 0.3 is 12.5 Å². The van der Waals surface area contributed by atoms with Crippen molar-refractivity contribution in [3.05, 3.63) is 106 Å². The normalized spacial score (nSPS) is 19.7. The molecule has 13 heteroatoms. The van der Waals surface area contributed by atoms with E-state index in [0.29, 0.717) is 12.1 Å². The lowest BCUT2D eigenvalue weighted by Crippen LogP contribution is -2.52. The number of rotatable bonds is 3. The van der Waals surface area contributed by atoms with Crippen molar-refractivity contribution < 1.29 is 48.8 Å². The van der Waals surface area contributed by atoms with Gasteiger partial charge in [-0.3, -0.25) is 4.79 Å². The summed E-state index contributed by atoms with van der Waals surface area (Å²) in [6.45, 7) is 0. The fraction of sp³-hybridized carbons (Fsp3) is 0.0870. The Hall–Kier alpha value is -3.51. The first-order valence-electron chi connectivity index (χ1n) is 9.79. The molecule has 0 radical (unpaired) electrons. The number of nitrogens with one attached hydrogen (secondary N) is 1.